The van der Waals surface area contributed by atoms with Gasteiger partial charge in [0.05, 0.1) is 24.2 Å². The summed E-state index contributed by atoms with van der Waals surface area (Å²) < 4.78 is 14.3. The molecule has 1 amide bonds. The van der Waals surface area contributed by atoms with Crippen LogP contribution in [0.3, 0.4) is 0 Å². The minimum Gasteiger partial charge on any atom is -0.497 e. The largest absolute Gasteiger partial charge is 0.497 e. The van der Waals surface area contributed by atoms with Gasteiger partial charge in [0.1, 0.15) is 17.4 Å². The number of likely N-dealkylation sites (N-methyl/N-ethyl adjacent to an activating group) is 2. The highest BCUT2D eigenvalue weighted by Gasteiger charge is 2.30. The number of fused-ring (bicyclic) bond motifs is 2. The van der Waals surface area contributed by atoms with Gasteiger partial charge >= 0.3 is 6.09 Å². The Kier molecular flexibility index (Phi) is 13.1. The molecule has 2 aromatic heterocycles. The Labute approximate surface area is 303 Å². The van der Waals surface area contributed by atoms with Crippen LogP contribution in [0, 0.1) is 11.8 Å². The molecular formula is C40H58N6O5. The van der Waals surface area contributed by atoms with Crippen LogP contribution >= 0.6 is 0 Å². The van der Waals surface area contributed by atoms with Crippen LogP contribution in [0.25, 0.3) is 21.8 Å². The van der Waals surface area contributed by atoms with E-state index >= 15 is 0 Å². The first-order chi connectivity index (χ1) is 24.0. The van der Waals surface area contributed by atoms with E-state index in [2.05, 4.69) is 28.2 Å². The first-order valence-electron chi connectivity index (χ1n) is 17.9. The number of hydrogen-bond donors (Lipinski definition) is 2. The van der Waals surface area contributed by atoms with Crippen LogP contribution < -0.4 is 15.8 Å². The van der Waals surface area contributed by atoms with Crippen molar-refractivity contribution in [1.29, 1.82) is 0 Å². The Morgan fingerprint density at radius 1 is 0.843 bits per heavy atom. The summed E-state index contributed by atoms with van der Waals surface area (Å²) in [5, 5.41) is 4.80. The number of hydrogen-bond acceptors (Lipinski definition) is 8. The van der Waals surface area contributed by atoms with E-state index in [4.69, 9.17) is 15.2 Å². The molecule has 2 heterocycles. The molecule has 0 aliphatic rings. The number of para-hydroxylation sites is 1. The average molecular weight is 703 g/mol. The van der Waals surface area contributed by atoms with Gasteiger partial charge in [-0.15, -0.1) is 0 Å². The quantitative estimate of drug-likeness (QED) is 0.153. The molecule has 11 heteroatoms. The molecule has 4 rings (SSSR count). The van der Waals surface area contributed by atoms with Gasteiger partial charge < -0.3 is 30.3 Å². The maximum Gasteiger partial charge on any atom is 0.408 e. The lowest BCUT2D eigenvalue weighted by atomic mass is 9.98. The van der Waals surface area contributed by atoms with Gasteiger partial charge in [-0.3, -0.25) is 18.7 Å². The molecule has 1 unspecified atom stereocenters. The van der Waals surface area contributed by atoms with E-state index in [1.807, 2.05) is 83.7 Å². The maximum atomic E-state index is 13.9. The molecule has 2 aromatic carbocycles. The average Bonchev–Trinajstić information content (AvgIpc) is 3.63. The van der Waals surface area contributed by atoms with E-state index < -0.39 is 23.8 Å². The third kappa shape index (κ3) is 9.99. The molecule has 11 nitrogen and oxygen atoms in total. The highest BCUT2D eigenvalue weighted by Crippen LogP contribution is 2.28. The van der Waals surface area contributed by atoms with Crippen molar-refractivity contribution in [2.75, 3.05) is 47.9 Å². The van der Waals surface area contributed by atoms with Crippen molar-refractivity contribution in [1.82, 2.24) is 24.3 Å². The molecule has 0 spiro atoms. The second kappa shape index (κ2) is 16.9. The zero-order valence-electron chi connectivity index (χ0n) is 32.2. The topological polar surface area (TPSA) is 124 Å². The summed E-state index contributed by atoms with van der Waals surface area (Å²) in [6.07, 6.45) is 5.48. The van der Waals surface area contributed by atoms with Gasteiger partial charge in [-0.2, -0.15) is 0 Å². The fraction of sp³-hybridized carbons (Fsp3) is 0.525. The first-order valence-corrected chi connectivity index (χ1v) is 17.9. The van der Waals surface area contributed by atoms with E-state index in [1.165, 1.54) is 0 Å². The molecule has 0 aliphatic carbocycles. The van der Waals surface area contributed by atoms with Crippen LogP contribution in [0.2, 0.25) is 0 Å². The molecule has 3 N–H and O–H groups in total. The molecule has 0 bridgehead atoms. The highest BCUT2D eigenvalue weighted by molar-refractivity contribution is 5.98. The van der Waals surface area contributed by atoms with Gasteiger partial charge in [0.15, 0.2) is 0 Å². The lowest BCUT2D eigenvalue weighted by Crippen LogP contribution is -2.48. The highest BCUT2D eigenvalue weighted by atomic mass is 16.6. The number of ether oxygens (including phenoxy) is 2. The number of alkyl carbamates (subject to hydrolysis) is 1. The second-order valence-corrected chi connectivity index (χ2v) is 15.4. The van der Waals surface area contributed by atoms with Crippen LogP contribution in [0.15, 0.2) is 54.9 Å². The Morgan fingerprint density at radius 2 is 1.45 bits per heavy atom. The predicted octanol–water partition coefficient (Wildman–Crippen LogP) is 6.07. The predicted molar refractivity (Wildman–Crippen MR) is 205 cm³/mol. The molecule has 3 atom stereocenters. The van der Waals surface area contributed by atoms with Gasteiger partial charge in [0.2, 0.25) is 5.91 Å². The summed E-state index contributed by atoms with van der Waals surface area (Å²) in [5.41, 5.74) is 9.71. The van der Waals surface area contributed by atoms with Gasteiger partial charge in [0, 0.05) is 36.3 Å². The zero-order valence-corrected chi connectivity index (χ0v) is 32.2. The van der Waals surface area contributed by atoms with Crippen molar-refractivity contribution in [2.45, 2.75) is 78.5 Å². The number of nitrogens with one attached hydrogen (secondary N) is 1. The summed E-state index contributed by atoms with van der Waals surface area (Å²) in [7, 11) is 7.77. The molecule has 4 aromatic rings. The summed E-state index contributed by atoms with van der Waals surface area (Å²) in [4.78, 5) is 44.7. The Bertz CT molecular complexity index is 1820. The SMILES string of the molecule is COc1ccc2c(c1)c(CCN(C)CCC(C)[C@H](N)C(=O)n1cc(CCN(C)C)c3ccccc31)cn2C(=O)[C@@H](NC(=O)OC(C)(C)C)C(C)C. The number of rotatable bonds is 15. The molecule has 0 saturated heterocycles. The van der Waals surface area contributed by atoms with Crippen molar-refractivity contribution in [2.24, 2.45) is 17.6 Å². The number of aromatic nitrogens is 2. The van der Waals surface area contributed by atoms with Gasteiger partial charge in [-0.05, 0) is 115 Å². The number of carbonyl (C=O) groups is 3. The number of amides is 1. The van der Waals surface area contributed by atoms with E-state index in [0.717, 1.165) is 65.4 Å². The normalized spacial score (nSPS) is 14.0. The van der Waals surface area contributed by atoms with Crippen LogP contribution in [0.4, 0.5) is 4.79 Å². The molecule has 0 saturated carbocycles. The molecule has 0 fully saturated rings. The fourth-order valence-corrected chi connectivity index (χ4v) is 6.29. The minimum atomic E-state index is -0.782. The fourth-order valence-electron chi connectivity index (χ4n) is 6.29. The zero-order chi connectivity index (χ0) is 37.6. The molecular weight excluding hydrogens is 644 g/mol. The van der Waals surface area contributed by atoms with E-state index in [0.29, 0.717) is 12.2 Å². The molecule has 0 radical (unpaired) electrons. The first kappa shape index (κ1) is 39.6. The summed E-state index contributed by atoms with van der Waals surface area (Å²) in [6.45, 7) is 13.6. The molecule has 278 valence electrons. The van der Waals surface area contributed by atoms with Crippen molar-refractivity contribution in [3.8, 4) is 5.75 Å². The number of carbonyl (C=O) groups excluding carboxylic acids is 3. The lowest BCUT2D eigenvalue weighted by Gasteiger charge is -2.25. The Morgan fingerprint density at radius 3 is 2.08 bits per heavy atom. The summed E-state index contributed by atoms with van der Waals surface area (Å²) in [5.74, 6) is 0.156. The Balaban J connectivity index is 1.44. The van der Waals surface area contributed by atoms with Crippen molar-refractivity contribution in [3.63, 3.8) is 0 Å². The van der Waals surface area contributed by atoms with Crippen LogP contribution in [0.1, 0.15) is 68.7 Å². The Hall–Kier alpha value is -4.19. The smallest absolute Gasteiger partial charge is 0.408 e. The van der Waals surface area contributed by atoms with Gasteiger partial charge in [0.25, 0.3) is 5.91 Å². The summed E-state index contributed by atoms with van der Waals surface area (Å²) in [6, 6.07) is 12.3. The van der Waals surface area contributed by atoms with Gasteiger partial charge in [-0.1, -0.05) is 39.0 Å². The van der Waals surface area contributed by atoms with E-state index in [9.17, 15) is 14.4 Å². The van der Waals surface area contributed by atoms with Crippen molar-refractivity contribution < 1.29 is 23.9 Å². The number of nitrogens with zero attached hydrogens (tertiary/aromatic N) is 4. The summed E-state index contributed by atoms with van der Waals surface area (Å²) >= 11 is 0. The van der Waals surface area contributed by atoms with Crippen LogP contribution in [0.5, 0.6) is 5.75 Å². The van der Waals surface area contributed by atoms with Crippen molar-refractivity contribution >= 4 is 39.7 Å². The number of methoxy groups -OCH3 is 1. The van der Waals surface area contributed by atoms with Crippen LogP contribution in [-0.4, -0.2) is 102 Å². The minimum absolute atomic E-state index is 0.0411. The lowest BCUT2D eigenvalue weighted by molar-refractivity contribution is 0.0465. The molecule has 51 heavy (non-hydrogen) atoms. The number of nitrogens with two attached hydrogens (primary N) is 1. The molecule has 0 aliphatic heterocycles. The third-order valence-corrected chi connectivity index (χ3v) is 9.42. The van der Waals surface area contributed by atoms with E-state index in [1.54, 1.807) is 37.0 Å². The van der Waals surface area contributed by atoms with Crippen LogP contribution in [-0.2, 0) is 17.6 Å². The maximum absolute atomic E-state index is 13.9. The van der Waals surface area contributed by atoms with Crippen molar-refractivity contribution in [3.05, 3.63) is 66.0 Å². The van der Waals surface area contributed by atoms with E-state index in [-0.39, 0.29) is 23.7 Å². The standard InChI is InChI=1S/C40H58N6O5/c1-26(2)36(42-39(49)51-40(4,5)6)38(48)46-25-29(32-23-30(50-10)15-16-34(32)46)19-22-44(9)21-17-27(3)35(41)37(47)45-24-28(18-20-43(7)8)31-13-11-12-14-33(31)45/h11-16,23-27,35-36H,17-22,41H2,1-10H3,(H,42,49)/t27?,35-,36-/m0/s1. The van der Waals surface area contributed by atoms with Gasteiger partial charge in [-0.25, -0.2) is 4.79 Å². The monoisotopic (exact) mass is 702 g/mol. The third-order valence-electron chi connectivity index (χ3n) is 9.42. The number of benzene rings is 2. The second-order valence-electron chi connectivity index (χ2n) is 15.4.